The molecular weight excluding hydrogens is 212 g/mol. The number of ketones is 1. The molecule has 0 fully saturated rings. The zero-order chi connectivity index (χ0) is 11.9. The molecule has 5 nitrogen and oxygen atoms in total. The number of allylic oxidation sites excluding steroid dienone is 3. The lowest BCUT2D eigenvalue weighted by atomic mass is 10.1. The van der Waals surface area contributed by atoms with Gasteiger partial charge >= 0.3 is 0 Å². The average molecular weight is 220 g/mol. The molecule has 0 saturated carbocycles. The summed E-state index contributed by atoms with van der Waals surface area (Å²) < 4.78 is 0. The van der Waals surface area contributed by atoms with E-state index < -0.39 is 28.8 Å². The average Bonchev–Trinajstić information content (AvgIpc) is 2.56. The van der Waals surface area contributed by atoms with Crippen LogP contribution >= 0.6 is 0 Å². The van der Waals surface area contributed by atoms with Crippen molar-refractivity contribution >= 4 is 11.4 Å². The van der Waals surface area contributed by atoms with Gasteiger partial charge in [-0.3, -0.25) is 4.79 Å². The Kier molecular flexibility index (Phi) is 2.09. The number of aromatic hydroxyl groups is 3. The van der Waals surface area contributed by atoms with Gasteiger partial charge in [0, 0.05) is 5.57 Å². The second-order valence-electron chi connectivity index (χ2n) is 3.32. The molecule has 16 heavy (non-hydrogen) atoms. The van der Waals surface area contributed by atoms with Crippen LogP contribution in [0.2, 0.25) is 0 Å². The van der Waals surface area contributed by atoms with Crippen LogP contribution in [0.1, 0.15) is 5.56 Å². The molecule has 1 aliphatic rings. The number of aliphatic hydroxyl groups is 1. The van der Waals surface area contributed by atoms with Crippen LogP contribution in [0, 0.1) is 0 Å². The van der Waals surface area contributed by atoms with Crippen molar-refractivity contribution in [1.82, 2.24) is 0 Å². The maximum Gasteiger partial charge on any atom is 0.220 e. The van der Waals surface area contributed by atoms with Crippen LogP contribution in [0.3, 0.4) is 0 Å². The van der Waals surface area contributed by atoms with Crippen molar-refractivity contribution in [3.63, 3.8) is 0 Å². The van der Waals surface area contributed by atoms with Crippen molar-refractivity contribution in [3.8, 4) is 17.2 Å². The lowest BCUT2D eigenvalue weighted by Crippen LogP contribution is -1.94. The smallest absolute Gasteiger partial charge is 0.220 e. The van der Waals surface area contributed by atoms with E-state index in [-0.39, 0.29) is 11.1 Å². The topological polar surface area (TPSA) is 98.0 Å². The van der Waals surface area contributed by atoms with E-state index in [4.69, 9.17) is 5.11 Å². The summed E-state index contributed by atoms with van der Waals surface area (Å²) >= 11 is 0. The first-order valence-corrected chi connectivity index (χ1v) is 4.41. The SMILES string of the molecule is O=C1C=CC(c2cc(O)c(O)c(O)c2)=C1O. The maximum absolute atomic E-state index is 11.0. The van der Waals surface area contributed by atoms with Crippen LogP contribution in [0.4, 0.5) is 0 Å². The third kappa shape index (κ3) is 1.38. The zero-order valence-electron chi connectivity index (χ0n) is 8.01. The zero-order valence-corrected chi connectivity index (χ0v) is 8.01. The molecule has 0 unspecified atom stereocenters. The molecule has 1 aromatic carbocycles. The number of hydrogen-bond donors (Lipinski definition) is 4. The summed E-state index contributed by atoms with van der Waals surface area (Å²) in [5, 5.41) is 37.1. The Bertz CT molecular complexity index is 516. The van der Waals surface area contributed by atoms with Gasteiger partial charge in [-0.25, -0.2) is 0 Å². The molecule has 1 aromatic rings. The van der Waals surface area contributed by atoms with Crippen LogP contribution in [0.15, 0.2) is 30.0 Å². The first kappa shape index (κ1) is 10.1. The Morgan fingerprint density at radius 1 is 0.875 bits per heavy atom. The summed E-state index contributed by atoms with van der Waals surface area (Å²) in [6.07, 6.45) is 2.54. The van der Waals surface area contributed by atoms with Crippen LogP contribution in [0.5, 0.6) is 17.2 Å². The largest absolute Gasteiger partial charge is 0.504 e. The van der Waals surface area contributed by atoms with E-state index in [0.717, 1.165) is 12.1 Å². The normalized spacial score (nSPS) is 14.9. The minimum atomic E-state index is -0.642. The van der Waals surface area contributed by atoms with E-state index in [1.807, 2.05) is 0 Å². The first-order valence-electron chi connectivity index (χ1n) is 4.41. The molecule has 0 aliphatic heterocycles. The standard InChI is InChI=1S/C11H8O5/c12-7-2-1-6(10(7)15)5-3-8(13)11(16)9(14)4-5/h1-4,13-14,16H,(H,12,15). The van der Waals surface area contributed by atoms with Gasteiger partial charge < -0.3 is 20.4 Å². The molecule has 2 rings (SSSR count). The van der Waals surface area contributed by atoms with E-state index in [0.29, 0.717) is 0 Å². The minimum absolute atomic E-state index is 0.190. The highest BCUT2D eigenvalue weighted by atomic mass is 16.3. The summed E-state index contributed by atoms with van der Waals surface area (Å²) in [5.74, 6) is -2.69. The fourth-order valence-corrected chi connectivity index (χ4v) is 1.44. The Hall–Kier alpha value is -2.43. The molecule has 82 valence electrons. The lowest BCUT2D eigenvalue weighted by Gasteiger charge is -2.05. The third-order valence-electron chi connectivity index (χ3n) is 2.27. The lowest BCUT2D eigenvalue weighted by molar-refractivity contribution is -0.113. The number of benzene rings is 1. The number of aliphatic hydroxyl groups excluding tert-OH is 1. The summed E-state index contributed by atoms with van der Waals surface area (Å²) in [5.41, 5.74) is 0.433. The summed E-state index contributed by atoms with van der Waals surface area (Å²) in [4.78, 5) is 11.0. The van der Waals surface area contributed by atoms with Crippen LogP contribution in [-0.2, 0) is 4.79 Å². The molecule has 5 heteroatoms. The van der Waals surface area contributed by atoms with Crippen molar-refractivity contribution in [2.24, 2.45) is 0 Å². The molecular formula is C11H8O5. The Morgan fingerprint density at radius 3 is 1.88 bits per heavy atom. The molecule has 0 amide bonds. The van der Waals surface area contributed by atoms with Gasteiger partial charge in [-0.15, -0.1) is 0 Å². The van der Waals surface area contributed by atoms with Crippen molar-refractivity contribution < 1.29 is 25.2 Å². The van der Waals surface area contributed by atoms with E-state index in [1.54, 1.807) is 0 Å². The Morgan fingerprint density at radius 2 is 1.44 bits per heavy atom. The van der Waals surface area contributed by atoms with Gasteiger partial charge in [0.05, 0.1) is 0 Å². The summed E-state index contributed by atoms with van der Waals surface area (Å²) in [6, 6.07) is 2.28. The van der Waals surface area contributed by atoms with Gasteiger partial charge in [-0.1, -0.05) is 0 Å². The highest BCUT2D eigenvalue weighted by Crippen LogP contribution is 2.38. The number of phenols is 3. The molecule has 1 aliphatic carbocycles. The van der Waals surface area contributed by atoms with Crippen molar-refractivity contribution in [1.29, 1.82) is 0 Å². The van der Waals surface area contributed by atoms with Gasteiger partial charge in [0.15, 0.2) is 23.0 Å². The molecule has 0 heterocycles. The quantitative estimate of drug-likeness (QED) is 0.533. The first-order chi connectivity index (χ1) is 7.50. The van der Waals surface area contributed by atoms with Crippen LogP contribution in [-0.4, -0.2) is 26.2 Å². The van der Waals surface area contributed by atoms with E-state index >= 15 is 0 Å². The fourth-order valence-electron chi connectivity index (χ4n) is 1.44. The number of carbonyl (C=O) groups is 1. The Balaban J connectivity index is 2.59. The fraction of sp³-hybridized carbons (Fsp3) is 0. The van der Waals surface area contributed by atoms with Gasteiger partial charge in [-0.05, 0) is 29.8 Å². The monoisotopic (exact) mass is 220 g/mol. The Labute approximate surface area is 90.2 Å². The summed E-state index contributed by atoms with van der Waals surface area (Å²) in [7, 11) is 0. The minimum Gasteiger partial charge on any atom is -0.504 e. The third-order valence-corrected chi connectivity index (χ3v) is 2.27. The van der Waals surface area contributed by atoms with Gasteiger partial charge in [-0.2, -0.15) is 0 Å². The van der Waals surface area contributed by atoms with Crippen molar-refractivity contribution in [2.75, 3.05) is 0 Å². The maximum atomic E-state index is 11.0. The summed E-state index contributed by atoms with van der Waals surface area (Å²) in [6.45, 7) is 0. The van der Waals surface area contributed by atoms with Gasteiger partial charge in [0.2, 0.25) is 5.78 Å². The number of hydrogen-bond acceptors (Lipinski definition) is 5. The van der Waals surface area contributed by atoms with Gasteiger partial charge in [0.25, 0.3) is 0 Å². The molecule has 0 saturated heterocycles. The number of rotatable bonds is 1. The van der Waals surface area contributed by atoms with E-state index in [9.17, 15) is 20.1 Å². The molecule has 0 radical (unpaired) electrons. The van der Waals surface area contributed by atoms with Crippen LogP contribution in [0.25, 0.3) is 5.57 Å². The van der Waals surface area contributed by atoms with Crippen molar-refractivity contribution in [3.05, 3.63) is 35.6 Å². The predicted molar refractivity (Wildman–Crippen MR) is 55.1 cm³/mol. The molecule has 4 N–H and O–H groups in total. The second kappa shape index (κ2) is 3.30. The van der Waals surface area contributed by atoms with E-state index in [2.05, 4.69) is 0 Å². The number of carbonyl (C=O) groups excluding carboxylic acids is 1. The highest BCUT2D eigenvalue weighted by molar-refractivity contribution is 6.14. The second-order valence-corrected chi connectivity index (χ2v) is 3.32. The molecule has 0 aromatic heterocycles. The predicted octanol–water partition coefficient (Wildman–Crippen LogP) is 1.21. The molecule has 0 bridgehead atoms. The highest BCUT2D eigenvalue weighted by Gasteiger charge is 2.19. The molecule has 0 spiro atoms. The van der Waals surface area contributed by atoms with E-state index in [1.165, 1.54) is 12.2 Å². The van der Waals surface area contributed by atoms with Crippen LogP contribution < -0.4 is 0 Å². The molecule has 0 atom stereocenters. The van der Waals surface area contributed by atoms with Crippen molar-refractivity contribution in [2.45, 2.75) is 0 Å². The van der Waals surface area contributed by atoms with Gasteiger partial charge in [0.1, 0.15) is 0 Å². The number of phenolic OH excluding ortho intramolecular Hbond substituents is 3.